The van der Waals surface area contributed by atoms with Crippen molar-refractivity contribution in [2.24, 2.45) is 5.92 Å². The van der Waals surface area contributed by atoms with Crippen LogP contribution < -0.4 is 15.5 Å². The van der Waals surface area contributed by atoms with E-state index in [-0.39, 0.29) is 17.7 Å². The van der Waals surface area contributed by atoms with E-state index in [1.807, 2.05) is 26.0 Å². The predicted molar refractivity (Wildman–Crippen MR) is 127 cm³/mol. The van der Waals surface area contributed by atoms with Gasteiger partial charge in [0, 0.05) is 31.2 Å². The Kier molecular flexibility index (Phi) is 7.81. The molecule has 1 saturated heterocycles. The molecule has 1 heterocycles. The van der Waals surface area contributed by atoms with E-state index in [1.165, 1.54) is 0 Å². The molecule has 0 bridgehead atoms. The number of nitrogens with zero attached hydrogens (tertiary/aromatic N) is 2. The van der Waals surface area contributed by atoms with Crippen LogP contribution in [0.4, 0.5) is 11.4 Å². The van der Waals surface area contributed by atoms with Crippen LogP contribution in [0.3, 0.4) is 0 Å². The van der Waals surface area contributed by atoms with Crippen molar-refractivity contribution in [3.8, 4) is 0 Å². The molecular formula is C23H28Cl2N4O2. The molecule has 2 aromatic rings. The molecule has 0 radical (unpaired) electrons. The van der Waals surface area contributed by atoms with Gasteiger partial charge in [-0.3, -0.25) is 9.59 Å². The van der Waals surface area contributed by atoms with Crippen molar-refractivity contribution in [3.63, 3.8) is 0 Å². The van der Waals surface area contributed by atoms with Crippen LogP contribution in [0.15, 0.2) is 42.5 Å². The topological polar surface area (TPSA) is 64.7 Å². The summed E-state index contributed by atoms with van der Waals surface area (Å²) < 4.78 is 0. The number of piperazine rings is 1. The van der Waals surface area contributed by atoms with Gasteiger partial charge in [0.05, 0.1) is 22.0 Å². The molecule has 2 aromatic carbocycles. The Bertz CT molecular complexity index is 943. The van der Waals surface area contributed by atoms with E-state index in [1.54, 1.807) is 30.3 Å². The molecule has 3 rings (SSSR count). The first-order valence-corrected chi connectivity index (χ1v) is 11.1. The Morgan fingerprint density at radius 3 is 2.32 bits per heavy atom. The molecule has 0 aromatic heterocycles. The lowest BCUT2D eigenvalue weighted by Gasteiger charge is -2.35. The van der Waals surface area contributed by atoms with Crippen molar-refractivity contribution in [1.29, 1.82) is 0 Å². The normalized spacial score (nSPS) is 15.6. The fraction of sp³-hybridized carbons (Fsp3) is 0.391. The maximum absolute atomic E-state index is 13.2. The monoisotopic (exact) mass is 462 g/mol. The number of anilines is 2. The molecule has 8 heteroatoms. The Morgan fingerprint density at radius 1 is 1.00 bits per heavy atom. The first kappa shape index (κ1) is 23.4. The molecule has 1 aliphatic rings. The van der Waals surface area contributed by atoms with Gasteiger partial charge in [0.25, 0.3) is 5.91 Å². The summed E-state index contributed by atoms with van der Waals surface area (Å²) in [5.41, 5.74) is 1.90. The third-order valence-corrected chi connectivity index (χ3v) is 5.98. The average molecular weight is 463 g/mol. The Balaban J connectivity index is 1.79. The summed E-state index contributed by atoms with van der Waals surface area (Å²) in [7, 11) is 2.09. The summed E-state index contributed by atoms with van der Waals surface area (Å²) in [6.45, 7) is 7.37. The van der Waals surface area contributed by atoms with Crippen LogP contribution in [-0.2, 0) is 4.79 Å². The molecule has 2 amide bonds. The standard InChI is InChI=1S/C23H28Cl2N4O2/c1-15(2)21(27-22(30)17-6-4-5-7-18(17)25)23(31)26-19-14-16(24)8-9-20(19)29-12-10-28(3)11-13-29/h4-9,14-15,21H,10-13H2,1-3H3,(H,26,31)(H,27,30). The minimum atomic E-state index is -0.733. The van der Waals surface area contributed by atoms with Gasteiger partial charge < -0.3 is 20.4 Å². The number of hydrogen-bond acceptors (Lipinski definition) is 4. The second-order valence-corrected chi connectivity index (χ2v) is 8.96. The van der Waals surface area contributed by atoms with Crippen molar-refractivity contribution in [1.82, 2.24) is 10.2 Å². The van der Waals surface area contributed by atoms with E-state index in [9.17, 15) is 9.59 Å². The quantitative estimate of drug-likeness (QED) is 0.676. The molecule has 31 heavy (non-hydrogen) atoms. The third kappa shape index (κ3) is 5.91. The van der Waals surface area contributed by atoms with E-state index in [2.05, 4.69) is 27.5 Å². The van der Waals surface area contributed by atoms with Gasteiger partial charge in [-0.2, -0.15) is 0 Å². The highest BCUT2D eigenvalue weighted by atomic mass is 35.5. The van der Waals surface area contributed by atoms with Gasteiger partial charge in [0.1, 0.15) is 6.04 Å². The van der Waals surface area contributed by atoms with Gasteiger partial charge >= 0.3 is 0 Å². The highest BCUT2D eigenvalue weighted by Gasteiger charge is 2.27. The molecule has 0 spiro atoms. The second-order valence-electron chi connectivity index (χ2n) is 8.12. The number of carbonyl (C=O) groups excluding carboxylic acids is 2. The van der Waals surface area contributed by atoms with Crippen molar-refractivity contribution >= 4 is 46.4 Å². The lowest BCUT2D eigenvalue weighted by Crippen LogP contribution is -2.47. The van der Waals surface area contributed by atoms with Crippen LogP contribution in [0, 0.1) is 5.92 Å². The molecule has 166 valence electrons. The summed E-state index contributed by atoms with van der Waals surface area (Å²) in [6, 6.07) is 11.5. The van der Waals surface area contributed by atoms with Crippen LogP contribution in [0.5, 0.6) is 0 Å². The molecule has 1 fully saturated rings. The molecule has 1 aliphatic heterocycles. The van der Waals surface area contributed by atoms with Gasteiger partial charge in [-0.1, -0.05) is 49.2 Å². The van der Waals surface area contributed by atoms with E-state index in [4.69, 9.17) is 23.2 Å². The summed E-state index contributed by atoms with van der Waals surface area (Å²) in [5.74, 6) is -0.810. The van der Waals surface area contributed by atoms with E-state index < -0.39 is 6.04 Å². The third-order valence-electron chi connectivity index (χ3n) is 5.41. The summed E-state index contributed by atoms with van der Waals surface area (Å²) in [6.07, 6.45) is 0. The molecular weight excluding hydrogens is 435 g/mol. The average Bonchev–Trinajstić information content (AvgIpc) is 2.73. The number of likely N-dealkylation sites (N-methyl/N-ethyl adjacent to an activating group) is 1. The highest BCUT2D eigenvalue weighted by molar-refractivity contribution is 6.34. The minimum Gasteiger partial charge on any atom is -0.367 e. The summed E-state index contributed by atoms with van der Waals surface area (Å²) >= 11 is 12.4. The number of halogens is 2. The van der Waals surface area contributed by atoms with Gasteiger partial charge in [-0.25, -0.2) is 0 Å². The van der Waals surface area contributed by atoms with Crippen molar-refractivity contribution in [2.45, 2.75) is 19.9 Å². The number of carbonyl (C=O) groups is 2. The number of amides is 2. The Morgan fingerprint density at radius 2 is 1.68 bits per heavy atom. The first-order valence-electron chi connectivity index (χ1n) is 10.4. The predicted octanol–water partition coefficient (Wildman–Crippen LogP) is 4.14. The Hall–Kier alpha value is -2.28. The van der Waals surface area contributed by atoms with E-state index >= 15 is 0 Å². The van der Waals surface area contributed by atoms with Gasteiger partial charge in [-0.05, 0) is 43.3 Å². The van der Waals surface area contributed by atoms with Crippen molar-refractivity contribution in [2.75, 3.05) is 43.4 Å². The zero-order chi connectivity index (χ0) is 22.5. The van der Waals surface area contributed by atoms with Crippen LogP contribution in [-0.4, -0.2) is 56.0 Å². The molecule has 0 saturated carbocycles. The first-order chi connectivity index (χ1) is 14.8. The maximum Gasteiger partial charge on any atom is 0.253 e. The smallest absolute Gasteiger partial charge is 0.253 e. The van der Waals surface area contributed by atoms with Crippen molar-refractivity contribution < 1.29 is 9.59 Å². The lowest BCUT2D eigenvalue weighted by atomic mass is 10.0. The largest absolute Gasteiger partial charge is 0.367 e. The fourth-order valence-corrected chi connectivity index (χ4v) is 3.93. The second kappa shape index (κ2) is 10.4. The van der Waals surface area contributed by atoms with Gasteiger partial charge in [0.2, 0.25) is 5.91 Å². The van der Waals surface area contributed by atoms with Crippen LogP contribution in [0.25, 0.3) is 0 Å². The van der Waals surface area contributed by atoms with Crippen LogP contribution in [0.1, 0.15) is 24.2 Å². The molecule has 1 atom stereocenters. The molecule has 2 N–H and O–H groups in total. The number of hydrogen-bond donors (Lipinski definition) is 2. The zero-order valence-corrected chi connectivity index (χ0v) is 19.5. The molecule has 1 unspecified atom stereocenters. The van der Waals surface area contributed by atoms with E-state index in [0.29, 0.717) is 21.3 Å². The van der Waals surface area contributed by atoms with E-state index in [0.717, 1.165) is 31.9 Å². The summed E-state index contributed by atoms with van der Waals surface area (Å²) in [5, 5.41) is 6.69. The number of rotatable bonds is 6. The number of nitrogens with one attached hydrogen (secondary N) is 2. The van der Waals surface area contributed by atoms with Gasteiger partial charge in [0.15, 0.2) is 0 Å². The number of benzene rings is 2. The van der Waals surface area contributed by atoms with Gasteiger partial charge in [-0.15, -0.1) is 0 Å². The molecule has 6 nitrogen and oxygen atoms in total. The van der Waals surface area contributed by atoms with Crippen molar-refractivity contribution in [3.05, 3.63) is 58.1 Å². The zero-order valence-electron chi connectivity index (χ0n) is 18.0. The maximum atomic E-state index is 13.2. The Labute approximate surface area is 193 Å². The minimum absolute atomic E-state index is 0.127. The fourth-order valence-electron chi connectivity index (χ4n) is 3.54. The summed E-state index contributed by atoms with van der Waals surface area (Å²) in [4.78, 5) is 30.4. The highest BCUT2D eigenvalue weighted by Crippen LogP contribution is 2.30. The molecule has 0 aliphatic carbocycles. The SMILES string of the molecule is CC(C)C(NC(=O)c1ccccc1Cl)C(=O)Nc1cc(Cl)ccc1N1CCN(C)CC1. The lowest BCUT2D eigenvalue weighted by molar-refractivity contribution is -0.118. The van der Waals surface area contributed by atoms with Crippen LogP contribution >= 0.6 is 23.2 Å². The van der Waals surface area contributed by atoms with Crippen LogP contribution in [0.2, 0.25) is 10.0 Å².